The Labute approximate surface area is 145 Å². The zero-order valence-corrected chi connectivity index (χ0v) is 14.2. The Balaban J connectivity index is 0.000000502. The molecule has 0 radical (unpaired) electrons. The van der Waals surface area contributed by atoms with Crippen molar-refractivity contribution in [3.8, 4) is 6.07 Å². The third-order valence-electron chi connectivity index (χ3n) is 2.26. The van der Waals surface area contributed by atoms with E-state index in [1.54, 1.807) is 0 Å². The number of hydrogen-bond donors (Lipinski definition) is 0. The maximum atomic E-state index is 11.4. The Bertz CT molecular complexity index is 772. The fourth-order valence-corrected chi connectivity index (χ4v) is 2.85. The third kappa shape index (κ3) is 7.97. The van der Waals surface area contributed by atoms with Gasteiger partial charge in [-0.15, -0.1) is 0 Å². The first-order valence-corrected chi connectivity index (χ1v) is 9.20. The van der Waals surface area contributed by atoms with Crippen LogP contribution in [0.2, 0.25) is 0 Å². The monoisotopic (exact) mass is 427 g/mol. The lowest BCUT2D eigenvalue weighted by atomic mass is 10.3. The van der Waals surface area contributed by atoms with E-state index in [9.17, 15) is 43.2 Å². The van der Waals surface area contributed by atoms with Gasteiger partial charge in [-0.2, -0.15) is 31.6 Å². The summed E-state index contributed by atoms with van der Waals surface area (Å²) >= 11 is 0. The molecule has 0 saturated heterocycles. The van der Waals surface area contributed by atoms with Crippen LogP contribution >= 0.6 is 0 Å². The molecule has 7 nitrogen and oxygen atoms in total. The van der Waals surface area contributed by atoms with Gasteiger partial charge in [-0.1, -0.05) is 6.07 Å². The van der Waals surface area contributed by atoms with Crippen LogP contribution in [0, 0.1) is 11.3 Å². The van der Waals surface area contributed by atoms with E-state index in [-0.39, 0.29) is 0 Å². The molecule has 0 amide bonds. The van der Waals surface area contributed by atoms with Crippen LogP contribution in [0.25, 0.3) is 4.13 Å². The van der Waals surface area contributed by atoms with Crippen LogP contribution in [-0.4, -0.2) is 27.9 Å². The second-order valence-corrected chi connectivity index (χ2v) is 7.71. The lowest BCUT2D eigenvalue weighted by Crippen LogP contribution is -2.31. The third-order valence-corrected chi connectivity index (χ3v) is 5.00. The number of alkyl halides is 6. The maximum Gasteiger partial charge on any atom is 0.480 e. The molecule has 1 heterocycles. The van der Waals surface area contributed by atoms with Crippen molar-refractivity contribution in [3.63, 3.8) is 0 Å². The molecule has 148 valence electrons. The van der Waals surface area contributed by atoms with Gasteiger partial charge in [0.2, 0.25) is 0 Å². The van der Waals surface area contributed by atoms with Gasteiger partial charge in [-0.3, -0.25) is 0 Å². The largest absolute Gasteiger partial charge is 0.480 e. The molecule has 0 aliphatic heterocycles. The topological polar surface area (TPSA) is 110 Å². The summed E-state index contributed by atoms with van der Waals surface area (Å²) in [6.07, 6.45) is 5.60. The number of unbranched alkanes of at least 4 members (excludes halogenated alkanes) is 1. The lowest BCUT2D eigenvalue weighted by molar-refractivity contribution is -0.697. The molecule has 0 unspecified atom stereocenters. The zero-order valence-electron chi connectivity index (χ0n) is 12.6. The molecule has 0 atom stereocenters. The Morgan fingerprint density at radius 2 is 1.31 bits per heavy atom. The number of aromatic nitrogens is 1. The van der Waals surface area contributed by atoms with Gasteiger partial charge in [0.25, 0.3) is 0 Å². The average Bonchev–Trinajstić information content (AvgIpc) is 2.46. The van der Waals surface area contributed by atoms with E-state index in [4.69, 9.17) is 5.26 Å². The highest BCUT2D eigenvalue weighted by Crippen LogP contribution is 2.36. The maximum absolute atomic E-state index is 11.4. The van der Waals surface area contributed by atoms with Crippen molar-refractivity contribution in [1.82, 2.24) is 0 Å². The number of pyridine rings is 1. The minimum absolute atomic E-state index is 0.641. The summed E-state index contributed by atoms with van der Waals surface area (Å²) in [4.78, 5) is 0. The van der Waals surface area contributed by atoms with Gasteiger partial charge < -0.3 is 4.13 Å². The highest BCUT2D eigenvalue weighted by Gasteiger charge is 2.46. The van der Waals surface area contributed by atoms with Gasteiger partial charge in [0, 0.05) is 25.0 Å². The van der Waals surface area contributed by atoms with Crippen molar-refractivity contribution < 1.29 is 47.7 Å². The first-order valence-electron chi connectivity index (χ1n) is 6.32. The first kappa shape index (κ1) is 24.1. The Hall–Kier alpha value is -1.92. The van der Waals surface area contributed by atoms with Crippen LogP contribution in [0.1, 0.15) is 12.8 Å². The summed E-state index contributed by atoms with van der Waals surface area (Å²) in [6.45, 7) is 0.939. The van der Waals surface area contributed by atoms with Gasteiger partial charge in [-0.05, 0) is 0 Å². The highest BCUT2D eigenvalue weighted by molar-refractivity contribution is 8.13. The van der Waals surface area contributed by atoms with Crippen molar-refractivity contribution in [2.24, 2.45) is 0 Å². The number of hydrogen-bond acceptors (Lipinski definition) is 5. The number of aryl methyl sites for hydroxylation is 1. The van der Waals surface area contributed by atoms with Crippen LogP contribution in [0.4, 0.5) is 26.3 Å². The van der Waals surface area contributed by atoms with Crippen LogP contribution in [-0.2, 0) is 26.6 Å². The van der Waals surface area contributed by atoms with Gasteiger partial charge in [-0.25, -0.2) is 21.4 Å². The Morgan fingerprint density at radius 3 is 1.65 bits per heavy atom. The van der Waals surface area contributed by atoms with E-state index in [2.05, 4.69) is 10.6 Å². The SMILES string of the molecule is N#CCCC[n+]1ccccc1.O=S(=O)([N-]S(=O)(=O)C(F)(F)F)C(F)(F)F. The summed E-state index contributed by atoms with van der Waals surface area (Å²) in [7, 11) is -13.4. The molecule has 0 N–H and O–H groups in total. The van der Waals surface area contributed by atoms with Crippen LogP contribution < -0.4 is 4.57 Å². The zero-order chi connectivity index (χ0) is 20.6. The molecule has 15 heteroatoms. The Kier molecular flexibility index (Phi) is 8.47. The summed E-state index contributed by atoms with van der Waals surface area (Å²) in [5.41, 5.74) is -12.4. The van der Waals surface area contributed by atoms with E-state index in [1.165, 1.54) is 0 Å². The lowest BCUT2D eigenvalue weighted by Gasteiger charge is -2.22. The van der Waals surface area contributed by atoms with E-state index in [0.29, 0.717) is 6.42 Å². The Morgan fingerprint density at radius 1 is 0.885 bits per heavy atom. The molecule has 1 aromatic rings. The molecule has 0 fully saturated rings. The molecule has 0 spiro atoms. The first-order chi connectivity index (χ1) is 11.6. The van der Waals surface area contributed by atoms with Gasteiger partial charge in [0.05, 0.1) is 6.07 Å². The summed E-state index contributed by atoms with van der Waals surface area (Å²) in [5, 5.41) is 8.29. The number of halogens is 6. The van der Waals surface area contributed by atoms with Gasteiger partial charge >= 0.3 is 11.0 Å². The predicted molar refractivity (Wildman–Crippen MR) is 74.8 cm³/mol. The minimum Gasteiger partial charge on any atom is -0.421 e. The van der Waals surface area contributed by atoms with Crippen molar-refractivity contribution in [1.29, 1.82) is 5.26 Å². The van der Waals surface area contributed by atoms with Gasteiger partial charge in [0.1, 0.15) is 6.54 Å². The number of nitrogens with zero attached hydrogens (tertiary/aromatic N) is 3. The molecular weight excluding hydrogens is 416 g/mol. The van der Waals surface area contributed by atoms with Crippen LogP contribution in [0.3, 0.4) is 0 Å². The molecule has 1 rings (SSSR count). The van der Waals surface area contributed by atoms with E-state index in [1.807, 2.05) is 30.6 Å². The van der Waals surface area contributed by atoms with Crippen molar-refractivity contribution >= 4 is 20.0 Å². The van der Waals surface area contributed by atoms with Crippen molar-refractivity contribution in [2.45, 2.75) is 30.4 Å². The normalized spacial score (nSPS) is 12.7. The standard InChI is InChI=1S/C9H11N2.C2F6NO4S2/c10-6-2-5-9-11-7-3-1-4-8-11;3-1(4,5)14(10,11)9-15(12,13)2(6,7)8/h1,3-4,7-8H,2,5,9H2;/q+1;-1. The number of sulfonamides is 2. The van der Waals surface area contributed by atoms with E-state index in [0.717, 1.165) is 17.1 Å². The van der Waals surface area contributed by atoms with Crippen LogP contribution in [0.5, 0.6) is 0 Å². The molecule has 0 aliphatic carbocycles. The quantitative estimate of drug-likeness (QED) is 0.407. The second-order valence-electron chi connectivity index (χ2n) is 4.29. The molecule has 0 aliphatic rings. The predicted octanol–water partition coefficient (Wildman–Crippen LogP) is 2.34. The van der Waals surface area contributed by atoms with Crippen molar-refractivity contribution in [3.05, 3.63) is 34.7 Å². The molecule has 0 aromatic carbocycles. The fourth-order valence-electron chi connectivity index (χ4n) is 1.14. The van der Waals surface area contributed by atoms with Crippen molar-refractivity contribution in [2.75, 3.05) is 0 Å². The number of rotatable bonds is 5. The van der Waals surface area contributed by atoms with Gasteiger partial charge in [0.15, 0.2) is 32.4 Å². The summed E-state index contributed by atoms with van der Waals surface area (Å²) < 4.78 is 111. The average molecular weight is 427 g/mol. The van der Waals surface area contributed by atoms with E-state index >= 15 is 0 Å². The summed E-state index contributed by atoms with van der Waals surface area (Å²) in [6, 6.07) is 8.10. The number of nitriles is 1. The highest BCUT2D eigenvalue weighted by atomic mass is 32.3. The minimum atomic E-state index is -6.72. The molecular formula is C11H11F6N3O4S2. The van der Waals surface area contributed by atoms with Crippen LogP contribution in [0.15, 0.2) is 30.6 Å². The smallest absolute Gasteiger partial charge is 0.421 e. The fraction of sp³-hybridized carbons (Fsp3) is 0.455. The molecule has 0 bridgehead atoms. The molecule has 1 aromatic heterocycles. The summed E-state index contributed by atoms with van der Waals surface area (Å²) in [5.74, 6) is 0. The van der Waals surface area contributed by atoms with E-state index < -0.39 is 31.1 Å². The second kappa shape index (κ2) is 9.14. The molecule has 0 saturated carbocycles. The molecule has 26 heavy (non-hydrogen) atoms.